The maximum atomic E-state index is 12.5. The van der Waals surface area contributed by atoms with Crippen LogP contribution in [0.3, 0.4) is 0 Å². The van der Waals surface area contributed by atoms with Gasteiger partial charge in [-0.05, 0) is 83.7 Å². The predicted molar refractivity (Wildman–Crippen MR) is 134 cm³/mol. The van der Waals surface area contributed by atoms with Crippen molar-refractivity contribution in [2.75, 3.05) is 25.6 Å². The van der Waals surface area contributed by atoms with Crippen molar-refractivity contribution in [3.8, 4) is 23.3 Å². The van der Waals surface area contributed by atoms with Gasteiger partial charge in [-0.1, -0.05) is 17.4 Å². The van der Waals surface area contributed by atoms with Gasteiger partial charge < -0.3 is 14.2 Å². The second kappa shape index (κ2) is 11.6. The Balaban J connectivity index is 1.69. The Labute approximate surface area is 210 Å². The Kier molecular flexibility index (Phi) is 8.62. The Morgan fingerprint density at radius 3 is 2.44 bits per heavy atom. The zero-order valence-corrected chi connectivity index (χ0v) is 21.5. The molecule has 3 aromatic rings. The number of anilines is 1. The van der Waals surface area contributed by atoms with Gasteiger partial charge in [0.15, 0.2) is 11.5 Å². The number of hydrogen-bond acceptors (Lipinski definition) is 8. The number of amides is 1. The molecule has 1 N–H and O–H groups in total. The molecule has 34 heavy (non-hydrogen) atoms. The molecule has 0 aliphatic rings. The number of halogens is 1. The summed E-state index contributed by atoms with van der Waals surface area (Å²) in [4.78, 5) is 12.5. The van der Waals surface area contributed by atoms with E-state index in [9.17, 15) is 10.1 Å². The maximum Gasteiger partial charge on any atom is 0.268 e. The molecule has 0 saturated heterocycles. The molecule has 2 aromatic carbocycles. The zero-order chi connectivity index (χ0) is 24.7. The highest BCUT2D eigenvalue weighted by molar-refractivity contribution is 9.10. The summed E-state index contributed by atoms with van der Waals surface area (Å²) in [5.41, 5.74) is 2.76. The van der Waals surface area contributed by atoms with Crippen LogP contribution in [-0.4, -0.2) is 36.4 Å². The van der Waals surface area contributed by atoms with Gasteiger partial charge in [-0.25, -0.2) is 0 Å². The van der Waals surface area contributed by atoms with E-state index in [2.05, 4.69) is 37.5 Å². The third kappa shape index (κ3) is 6.79. The second-order valence-electron chi connectivity index (χ2n) is 7.30. The van der Waals surface area contributed by atoms with Crippen molar-refractivity contribution < 1.29 is 19.0 Å². The van der Waals surface area contributed by atoms with Crippen LogP contribution in [0.2, 0.25) is 0 Å². The number of hydrogen-bond donors (Lipinski definition) is 1. The second-order valence-corrected chi connectivity index (χ2v) is 9.34. The van der Waals surface area contributed by atoms with Gasteiger partial charge >= 0.3 is 0 Å². The Bertz CT molecular complexity index is 1250. The highest BCUT2D eigenvalue weighted by Crippen LogP contribution is 2.37. The first kappa shape index (κ1) is 25.2. The van der Waals surface area contributed by atoms with Crippen LogP contribution in [0.5, 0.6) is 17.2 Å². The summed E-state index contributed by atoms with van der Waals surface area (Å²) in [6.07, 6.45) is 1.46. The standard InChI is InChI=1S/C24H23BrN4O4S/c1-14-7-15(2)9-19(8-14)32-5-6-33-22-20(25)11-17(12-21(22)31-4)10-18(13-26)23(30)27-24-29-28-16(3)34-24/h7-12H,5-6H2,1-4H3,(H,27,29,30). The number of ether oxygens (including phenoxy) is 3. The monoisotopic (exact) mass is 542 g/mol. The SMILES string of the molecule is COc1cc(C=C(C#N)C(=O)Nc2nnc(C)s2)cc(Br)c1OCCOc1cc(C)cc(C)c1. The van der Waals surface area contributed by atoms with E-state index in [1.165, 1.54) is 24.5 Å². The Hall–Kier alpha value is -3.42. The topological polar surface area (TPSA) is 106 Å². The van der Waals surface area contributed by atoms with Gasteiger partial charge in [0, 0.05) is 0 Å². The summed E-state index contributed by atoms with van der Waals surface area (Å²) in [5, 5.41) is 20.8. The summed E-state index contributed by atoms with van der Waals surface area (Å²) in [6, 6.07) is 11.4. The number of nitrogens with one attached hydrogen (secondary N) is 1. The van der Waals surface area contributed by atoms with Gasteiger partial charge in [0.1, 0.15) is 35.6 Å². The minimum absolute atomic E-state index is 0.0858. The van der Waals surface area contributed by atoms with Crippen LogP contribution in [0.25, 0.3) is 6.08 Å². The van der Waals surface area contributed by atoms with Gasteiger partial charge in [0.2, 0.25) is 5.13 Å². The van der Waals surface area contributed by atoms with Crippen molar-refractivity contribution in [3.63, 3.8) is 0 Å². The molecular weight excluding hydrogens is 520 g/mol. The first-order chi connectivity index (χ1) is 16.3. The first-order valence-corrected chi connectivity index (χ1v) is 11.8. The number of rotatable bonds is 9. The normalized spacial score (nSPS) is 11.0. The van der Waals surface area contributed by atoms with E-state index in [4.69, 9.17) is 14.2 Å². The molecule has 0 atom stereocenters. The fourth-order valence-corrected chi connectivity index (χ4v) is 4.27. The molecule has 176 valence electrons. The van der Waals surface area contributed by atoms with E-state index >= 15 is 0 Å². The molecule has 3 rings (SSSR count). The van der Waals surface area contributed by atoms with E-state index in [-0.39, 0.29) is 5.57 Å². The molecule has 1 aromatic heterocycles. The Morgan fingerprint density at radius 2 is 1.82 bits per heavy atom. The van der Waals surface area contributed by atoms with Crippen molar-refractivity contribution in [2.24, 2.45) is 0 Å². The molecule has 0 saturated carbocycles. The summed E-state index contributed by atoms with van der Waals surface area (Å²) in [6.45, 7) is 6.46. The maximum absolute atomic E-state index is 12.5. The van der Waals surface area contributed by atoms with Crippen LogP contribution < -0.4 is 19.5 Å². The summed E-state index contributed by atoms with van der Waals surface area (Å²) in [7, 11) is 1.52. The van der Waals surface area contributed by atoms with Crippen LogP contribution in [0.15, 0.2) is 40.4 Å². The first-order valence-electron chi connectivity index (χ1n) is 10.2. The minimum Gasteiger partial charge on any atom is -0.493 e. The van der Waals surface area contributed by atoms with E-state index < -0.39 is 5.91 Å². The molecular formula is C24H23BrN4O4S. The molecule has 0 bridgehead atoms. The molecule has 0 fully saturated rings. The minimum atomic E-state index is -0.572. The smallest absolute Gasteiger partial charge is 0.268 e. The molecule has 10 heteroatoms. The summed E-state index contributed by atoms with van der Waals surface area (Å²) >= 11 is 4.71. The quantitative estimate of drug-likeness (QED) is 0.224. The van der Waals surface area contributed by atoms with Crippen LogP contribution in [-0.2, 0) is 4.79 Å². The largest absolute Gasteiger partial charge is 0.493 e. The molecule has 1 amide bonds. The van der Waals surface area contributed by atoms with E-state index in [1.54, 1.807) is 19.1 Å². The fourth-order valence-electron chi connectivity index (χ4n) is 3.11. The lowest BCUT2D eigenvalue weighted by Gasteiger charge is -2.14. The summed E-state index contributed by atoms with van der Waals surface area (Å²) in [5.74, 6) is 1.16. The zero-order valence-electron chi connectivity index (χ0n) is 19.1. The third-order valence-corrected chi connectivity index (χ3v) is 5.81. The molecule has 0 radical (unpaired) electrons. The van der Waals surface area contributed by atoms with Crippen LogP contribution in [0.1, 0.15) is 21.7 Å². The highest BCUT2D eigenvalue weighted by Gasteiger charge is 2.15. The fraction of sp³-hybridized carbons (Fsp3) is 0.250. The average molecular weight is 543 g/mol. The predicted octanol–water partition coefficient (Wildman–Crippen LogP) is 5.24. The lowest BCUT2D eigenvalue weighted by Crippen LogP contribution is -2.13. The van der Waals surface area contributed by atoms with Gasteiger partial charge in [-0.2, -0.15) is 5.26 Å². The van der Waals surface area contributed by atoms with Crippen molar-refractivity contribution in [3.05, 3.63) is 62.1 Å². The van der Waals surface area contributed by atoms with Crippen LogP contribution in [0, 0.1) is 32.1 Å². The van der Waals surface area contributed by atoms with E-state index in [0.717, 1.165) is 16.9 Å². The van der Waals surface area contributed by atoms with Gasteiger partial charge in [-0.15, -0.1) is 10.2 Å². The number of nitrogens with zero attached hydrogens (tertiary/aromatic N) is 3. The number of carbonyl (C=O) groups is 1. The number of aromatic nitrogens is 2. The Morgan fingerprint density at radius 1 is 1.12 bits per heavy atom. The number of benzene rings is 2. The lowest BCUT2D eigenvalue weighted by atomic mass is 10.1. The molecule has 0 aliphatic heterocycles. The van der Waals surface area contributed by atoms with E-state index in [1.807, 2.05) is 32.0 Å². The van der Waals surface area contributed by atoms with E-state index in [0.29, 0.717) is 44.9 Å². The average Bonchev–Trinajstić information content (AvgIpc) is 3.19. The van der Waals surface area contributed by atoms with Gasteiger partial charge in [-0.3, -0.25) is 10.1 Å². The van der Waals surface area contributed by atoms with Crippen LogP contribution >= 0.6 is 27.3 Å². The lowest BCUT2D eigenvalue weighted by molar-refractivity contribution is -0.112. The molecule has 8 nitrogen and oxygen atoms in total. The van der Waals surface area contributed by atoms with Gasteiger partial charge in [0.05, 0.1) is 11.6 Å². The number of aryl methyl sites for hydroxylation is 3. The number of carbonyl (C=O) groups excluding carboxylic acids is 1. The third-order valence-electron chi connectivity index (χ3n) is 4.47. The van der Waals surface area contributed by atoms with Crippen molar-refractivity contribution in [1.29, 1.82) is 5.26 Å². The molecule has 0 unspecified atom stereocenters. The van der Waals surface area contributed by atoms with Crippen molar-refractivity contribution >= 4 is 44.4 Å². The van der Waals surface area contributed by atoms with Crippen molar-refractivity contribution in [2.45, 2.75) is 20.8 Å². The van der Waals surface area contributed by atoms with Crippen LogP contribution in [0.4, 0.5) is 5.13 Å². The number of nitriles is 1. The molecule has 1 heterocycles. The molecule has 0 spiro atoms. The summed E-state index contributed by atoms with van der Waals surface area (Å²) < 4.78 is 17.7. The van der Waals surface area contributed by atoms with Crippen molar-refractivity contribution in [1.82, 2.24) is 10.2 Å². The van der Waals surface area contributed by atoms with Gasteiger partial charge in [0.25, 0.3) is 5.91 Å². The molecule has 0 aliphatic carbocycles. The highest BCUT2D eigenvalue weighted by atomic mass is 79.9. The number of methoxy groups -OCH3 is 1.